The van der Waals surface area contributed by atoms with Gasteiger partial charge in [0.25, 0.3) is 11.8 Å². The van der Waals surface area contributed by atoms with Crippen molar-refractivity contribution in [2.24, 2.45) is 0 Å². The normalized spacial score (nSPS) is 15.7. The van der Waals surface area contributed by atoms with E-state index in [-0.39, 0.29) is 5.57 Å². The van der Waals surface area contributed by atoms with Crippen molar-refractivity contribution in [1.29, 1.82) is 0 Å². The number of hydrogen-bond donors (Lipinski definition) is 1. The molecule has 2 aromatic rings. The first-order valence-corrected chi connectivity index (χ1v) is 9.01. The lowest BCUT2D eigenvalue weighted by atomic mass is 10.0. The third-order valence-corrected chi connectivity index (χ3v) is 4.56. The zero-order chi connectivity index (χ0) is 21.1. The maximum absolute atomic E-state index is 12.9. The molecule has 0 aromatic heterocycles. The van der Waals surface area contributed by atoms with E-state index in [1.165, 1.54) is 25.3 Å². The van der Waals surface area contributed by atoms with Gasteiger partial charge in [0.15, 0.2) is 0 Å². The number of hydrogen-bond acceptors (Lipinski definition) is 5. The number of anilines is 1. The molecule has 4 amide bonds. The number of benzene rings is 2. The zero-order valence-electron chi connectivity index (χ0n) is 16.3. The van der Waals surface area contributed by atoms with Crippen LogP contribution in [0, 0.1) is 0 Å². The van der Waals surface area contributed by atoms with Gasteiger partial charge in [-0.3, -0.25) is 14.9 Å². The van der Waals surface area contributed by atoms with Crippen LogP contribution in [0.3, 0.4) is 0 Å². The van der Waals surface area contributed by atoms with Gasteiger partial charge in [-0.15, -0.1) is 0 Å². The molecule has 1 saturated heterocycles. The molecule has 0 radical (unpaired) electrons. The number of barbiturate groups is 1. The quantitative estimate of drug-likeness (QED) is 0.490. The topological polar surface area (TPSA) is 92.8 Å². The summed E-state index contributed by atoms with van der Waals surface area (Å²) in [6.45, 7) is 4.08. The van der Waals surface area contributed by atoms with Gasteiger partial charge < -0.3 is 4.74 Å². The van der Waals surface area contributed by atoms with Gasteiger partial charge in [0, 0.05) is 0 Å². The Morgan fingerprint density at radius 3 is 2.17 bits per heavy atom. The Morgan fingerprint density at radius 2 is 1.62 bits per heavy atom. The lowest BCUT2D eigenvalue weighted by molar-refractivity contribution is -0.122. The Morgan fingerprint density at radius 1 is 1.00 bits per heavy atom. The molecule has 7 nitrogen and oxygen atoms in total. The smallest absolute Gasteiger partial charge is 0.337 e. The van der Waals surface area contributed by atoms with Gasteiger partial charge in [0.2, 0.25) is 0 Å². The number of carbonyl (C=O) groups is 4. The number of urea groups is 1. The number of carbonyl (C=O) groups excluding carboxylic acids is 4. The molecule has 1 aliphatic heterocycles. The Hall–Kier alpha value is -3.74. The summed E-state index contributed by atoms with van der Waals surface area (Å²) in [6.07, 6.45) is 1.38. The van der Waals surface area contributed by atoms with Gasteiger partial charge in [-0.1, -0.05) is 38.1 Å². The van der Waals surface area contributed by atoms with Crippen molar-refractivity contribution in [1.82, 2.24) is 5.32 Å². The highest BCUT2D eigenvalue weighted by molar-refractivity contribution is 6.39. The molecule has 7 heteroatoms. The lowest BCUT2D eigenvalue weighted by Gasteiger charge is -2.26. The predicted octanol–water partition coefficient (Wildman–Crippen LogP) is 3.26. The van der Waals surface area contributed by atoms with Crippen LogP contribution in [-0.4, -0.2) is 30.9 Å². The number of esters is 1. The van der Waals surface area contributed by atoms with Crippen molar-refractivity contribution in [2.75, 3.05) is 12.0 Å². The lowest BCUT2D eigenvalue weighted by Crippen LogP contribution is -2.54. The highest BCUT2D eigenvalue weighted by Gasteiger charge is 2.36. The van der Waals surface area contributed by atoms with Gasteiger partial charge in [-0.25, -0.2) is 14.5 Å². The molecule has 1 heterocycles. The molecule has 0 spiro atoms. The molecule has 1 aliphatic rings. The van der Waals surface area contributed by atoms with Crippen LogP contribution in [0.2, 0.25) is 0 Å². The average Bonchev–Trinajstić information content (AvgIpc) is 2.71. The summed E-state index contributed by atoms with van der Waals surface area (Å²) in [6, 6.07) is 12.4. The van der Waals surface area contributed by atoms with E-state index in [0.717, 1.165) is 10.5 Å². The molecule has 0 atom stereocenters. The van der Waals surface area contributed by atoms with E-state index in [2.05, 4.69) is 10.1 Å². The number of nitrogens with one attached hydrogen (secondary N) is 1. The summed E-state index contributed by atoms with van der Waals surface area (Å²) < 4.78 is 4.64. The summed E-state index contributed by atoms with van der Waals surface area (Å²) >= 11 is 0. The number of methoxy groups -OCH3 is 1. The molecule has 2 aromatic carbocycles. The minimum atomic E-state index is -0.796. The first-order chi connectivity index (χ1) is 13.8. The monoisotopic (exact) mass is 392 g/mol. The molecule has 3 rings (SSSR count). The molecule has 0 unspecified atom stereocenters. The summed E-state index contributed by atoms with van der Waals surface area (Å²) in [5.41, 5.74) is 2.13. The second-order valence-electron chi connectivity index (χ2n) is 6.82. The molecular weight excluding hydrogens is 372 g/mol. The second kappa shape index (κ2) is 8.10. The molecule has 148 valence electrons. The summed E-state index contributed by atoms with van der Waals surface area (Å²) in [7, 11) is 1.28. The third-order valence-electron chi connectivity index (χ3n) is 4.56. The standard InChI is InChI=1S/C22H20N2O5/c1-13(2)15-8-10-17(11-9-15)24-20(26)18(19(25)23-22(24)28)12-14-4-6-16(7-5-14)21(27)29-3/h4-13H,1-3H3,(H,23,25,28). The number of amides is 4. The van der Waals surface area contributed by atoms with Crippen LogP contribution in [0.5, 0.6) is 0 Å². The van der Waals surface area contributed by atoms with Gasteiger partial charge in [-0.05, 0) is 47.4 Å². The minimum Gasteiger partial charge on any atom is -0.465 e. The minimum absolute atomic E-state index is 0.177. The van der Waals surface area contributed by atoms with Crippen molar-refractivity contribution in [3.05, 3.63) is 70.8 Å². The fraction of sp³-hybridized carbons (Fsp3) is 0.182. The number of imide groups is 2. The predicted molar refractivity (Wildman–Crippen MR) is 107 cm³/mol. The van der Waals surface area contributed by atoms with Gasteiger partial charge >= 0.3 is 12.0 Å². The molecule has 1 fully saturated rings. The fourth-order valence-electron chi connectivity index (χ4n) is 2.90. The highest BCUT2D eigenvalue weighted by atomic mass is 16.5. The molecule has 1 N–H and O–H groups in total. The molecule has 0 saturated carbocycles. The van der Waals surface area contributed by atoms with Crippen LogP contribution in [0.15, 0.2) is 54.1 Å². The van der Waals surface area contributed by atoms with Crippen molar-refractivity contribution < 1.29 is 23.9 Å². The Bertz CT molecular complexity index is 1000. The maximum atomic E-state index is 12.9. The van der Waals surface area contributed by atoms with Crippen LogP contribution < -0.4 is 10.2 Å². The Kier molecular flexibility index (Phi) is 5.59. The first kappa shape index (κ1) is 20.0. The number of rotatable bonds is 4. The summed E-state index contributed by atoms with van der Waals surface area (Å²) in [5, 5.41) is 2.19. The van der Waals surface area contributed by atoms with Gasteiger partial charge in [-0.2, -0.15) is 0 Å². The highest BCUT2D eigenvalue weighted by Crippen LogP contribution is 2.24. The second-order valence-corrected chi connectivity index (χ2v) is 6.82. The van der Waals surface area contributed by atoms with Crippen LogP contribution in [-0.2, 0) is 14.3 Å². The van der Waals surface area contributed by atoms with E-state index in [1.807, 2.05) is 26.0 Å². The van der Waals surface area contributed by atoms with E-state index in [0.29, 0.717) is 22.7 Å². The van der Waals surface area contributed by atoms with Crippen LogP contribution in [0.1, 0.15) is 41.3 Å². The third kappa shape index (κ3) is 4.08. The molecule has 29 heavy (non-hydrogen) atoms. The van der Waals surface area contributed by atoms with Crippen LogP contribution >= 0.6 is 0 Å². The van der Waals surface area contributed by atoms with Crippen molar-refractivity contribution in [3.8, 4) is 0 Å². The van der Waals surface area contributed by atoms with Crippen molar-refractivity contribution in [2.45, 2.75) is 19.8 Å². The largest absolute Gasteiger partial charge is 0.465 e. The van der Waals surface area contributed by atoms with Gasteiger partial charge in [0.1, 0.15) is 5.57 Å². The van der Waals surface area contributed by atoms with Gasteiger partial charge in [0.05, 0.1) is 18.4 Å². The average molecular weight is 392 g/mol. The van der Waals surface area contributed by atoms with Crippen molar-refractivity contribution in [3.63, 3.8) is 0 Å². The fourth-order valence-corrected chi connectivity index (χ4v) is 2.90. The van der Waals surface area contributed by atoms with E-state index in [9.17, 15) is 19.2 Å². The van der Waals surface area contributed by atoms with Crippen LogP contribution in [0.4, 0.5) is 10.5 Å². The first-order valence-electron chi connectivity index (χ1n) is 9.01. The molecule has 0 bridgehead atoms. The zero-order valence-corrected chi connectivity index (χ0v) is 16.3. The van der Waals surface area contributed by atoms with E-state index >= 15 is 0 Å². The van der Waals surface area contributed by atoms with E-state index in [1.54, 1.807) is 24.3 Å². The number of nitrogens with zero attached hydrogens (tertiary/aromatic N) is 1. The summed E-state index contributed by atoms with van der Waals surface area (Å²) in [5.74, 6) is -1.67. The summed E-state index contributed by atoms with van der Waals surface area (Å²) in [4.78, 5) is 49.9. The number of ether oxygens (including phenoxy) is 1. The Balaban J connectivity index is 1.92. The van der Waals surface area contributed by atoms with Crippen LogP contribution in [0.25, 0.3) is 6.08 Å². The molecular formula is C22H20N2O5. The van der Waals surface area contributed by atoms with E-state index in [4.69, 9.17) is 0 Å². The SMILES string of the molecule is COC(=O)c1ccc(C=C2C(=O)NC(=O)N(c3ccc(C(C)C)cc3)C2=O)cc1. The van der Waals surface area contributed by atoms with E-state index < -0.39 is 23.8 Å². The van der Waals surface area contributed by atoms with Crippen molar-refractivity contribution >= 4 is 35.6 Å². The Labute approximate surface area is 168 Å². The maximum Gasteiger partial charge on any atom is 0.337 e. The molecule has 0 aliphatic carbocycles.